The van der Waals surface area contributed by atoms with Crippen LogP contribution in [0.4, 0.5) is 16.2 Å². The summed E-state index contributed by atoms with van der Waals surface area (Å²) < 4.78 is 30.1. The predicted octanol–water partition coefficient (Wildman–Crippen LogP) is 1.31. The monoisotopic (exact) mass is 339 g/mol. The molecule has 1 fully saturated rings. The first kappa shape index (κ1) is 16.1. The molecule has 3 rings (SSSR count). The number of carbonyl (C=O) groups excluding carboxylic acids is 1. The molecule has 0 atom stereocenters. The van der Waals surface area contributed by atoms with E-state index in [4.69, 9.17) is 4.74 Å². The fourth-order valence-electron chi connectivity index (χ4n) is 2.99. The Balaban J connectivity index is 1.65. The highest BCUT2D eigenvalue weighted by atomic mass is 32.2. The van der Waals surface area contributed by atoms with Crippen molar-refractivity contribution in [2.45, 2.75) is 25.3 Å². The number of hydrogen-bond acceptors (Lipinski definition) is 4. The summed E-state index contributed by atoms with van der Waals surface area (Å²) in [6.45, 7) is 1.79. The number of hydrogen-bond donors (Lipinski definition) is 2. The molecule has 2 aliphatic heterocycles. The SMILES string of the molecule is CS(=O)(=O)N1CCc2cc(NC(=O)NC3CCOCC3)ccc21. The van der Waals surface area contributed by atoms with Gasteiger partial charge in [-0.05, 0) is 43.0 Å². The lowest BCUT2D eigenvalue weighted by molar-refractivity contribution is 0.0806. The standard InChI is InChI=1S/C15H21N3O4S/c1-23(20,21)18-7-4-11-10-13(2-3-14(11)18)17-15(19)16-12-5-8-22-9-6-12/h2-3,10,12H,4-9H2,1H3,(H2,16,17,19). The average molecular weight is 339 g/mol. The molecule has 1 saturated heterocycles. The van der Waals surface area contributed by atoms with Crippen LogP contribution in [0.25, 0.3) is 0 Å². The Hall–Kier alpha value is -1.80. The molecule has 2 aliphatic rings. The Morgan fingerprint density at radius 1 is 1.30 bits per heavy atom. The smallest absolute Gasteiger partial charge is 0.319 e. The number of ether oxygens (including phenoxy) is 1. The largest absolute Gasteiger partial charge is 0.381 e. The molecule has 0 unspecified atom stereocenters. The molecule has 0 bridgehead atoms. The van der Waals surface area contributed by atoms with Crippen molar-refractivity contribution in [2.75, 3.05) is 35.6 Å². The van der Waals surface area contributed by atoms with Gasteiger partial charge in [0.1, 0.15) is 0 Å². The number of nitrogens with zero attached hydrogens (tertiary/aromatic N) is 1. The molecule has 1 aromatic rings. The minimum absolute atomic E-state index is 0.138. The quantitative estimate of drug-likeness (QED) is 0.869. The van der Waals surface area contributed by atoms with Crippen molar-refractivity contribution >= 4 is 27.4 Å². The Labute approximate surface area is 136 Å². The fourth-order valence-corrected chi connectivity index (χ4v) is 3.95. The number of rotatable bonds is 3. The van der Waals surface area contributed by atoms with Crippen molar-refractivity contribution in [3.63, 3.8) is 0 Å². The Morgan fingerprint density at radius 2 is 2.04 bits per heavy atom. The van der Waals surface area contributed by atoms with Crippen LogP contribution in [0.5, 0.6) is 0 Å². The fraction of sp³-hybridized carbons (Fsp3) is 0.533. The molecule has 2 amide bonds. The van der Waals surface area contributed by atoms with Gasteiger partial charge in [0, 0.05) is 31.5 Å². The molecular formula is C15H21N3O4S. The second-order valence-corrected chi connectivity index (χ2v) is 7.82. The lowest BCUT2D eigenvalue weighted by Gasteiger charge is -2.23. The number of urea groups is 1. The van der Waals surface area contributed by atoms with Crippen molar-refractivity contribution in [1.82, 2.24) is 5.32 Å². The van der Waals surface area contributed by atoms with E-state index in [-0.39, 0.29) is 12.1 Å². The number of anilines is 2. The van der Waals surface area contributed by atoms with E-state index in [0.29, 0.717) is 37.6 Å². The summed E-state index contributed by atoms with van der Waals surface area (Å²) in [5.41, 5.74) is 2.30. The highest BCUT2D eigenvalue weighted by Crippen LogP contribution is 2.32. The van der Waals surface area contributed by atoms with E-state index in [9.17, 15) is 13.2 Å². The van der Waals surface area contributed by atoms with E-state index in [1.54, 1.807) is 12.1 Å². The van der Waals surface area contributed by atoms with Crippen LogP contribution in [-0.2, 0) is 21.2 Å². The van der Waals surface area contributed by atoms with Crippen molar-refractivity contribution in [3.8, 4) is 0 Å². The molecule has 1 aromatic carbocycles. The zero-order valence-corrected chi connectivity index (χ0v) is 13.9. The number of carbonyl (C=O) groups is 1. The van der Waals surface area contributed by atoms with Gasteiger partial charge in [0.05, 0.1) is 11.9 Å². The summed E-state index contributed by atoms with van der Waals surface area (Å²) in [6.07, 6.45) is 3.50. The van der Waals surface area contributed by atoms with E-state index >= 15 is 0 Å². The summed E-state index contributed by atoms with van der Waals surface area (Å²) in [6, 6.07) is 5.21. The summed E-state index contributed by atoms with van der Waals surface area (Å²) in [7, 11) is -3.25. The molecular weight excluding hydrogens is 318 g/mol. The predicted molar refractivity (Wildman–Crippen MR) is 88.3 cm³/mol. The second-order valence-electron chi connectivity index (χ2n) is 5.91. The maximum Gasteiger partial charge on any atom is 0.319 e. The Morgan fingerprint density at radius 3 is 2.74 bits per heavy atom. The zero-order valence-electron chi connectivity index (χ0n) is 13.0. The Bertz CT molecular complexity index is 699. The normalized spacial score (nSPS) is 18.6. The van der Waals surface area contributed by atoms with Gasteiger partial charge in [-0.25, -0.2) is 13.2 Å². The van der Waals surface area contributed by atoms with Crippen LogP contribution in [0.2, 0.25) is 0 Å². The van der Waals surface area contributed by atoms with Crippen LogP contribution in [0.3, 0.4) is 0 Å². The van der Waals surface area contributed by atoms with Crippen LogP contribution in [-0.4, -0.2) is 46.5 Å². The van der Waals surface area contributed by atoms with E-state index in [1.807, 2.05) is 6.07 Å². The van der Waals surface area contributed by atoms with Gasteiger partial charge in [-0.2, -0.15) is 0 Å². The molecule has 7 nitrogen and oxygen atoms in total. The molecule has 0 aliphatic carbocycles. The minimum Gasteiger partial charge on any atom is -0.381 e. The lowest BCUT2D eigenvalue weighted by atomic mass is 10.1. The van der Waals surface area contributed by atoms with Crippen LogP contribution < -0.4 is 14.9 Å². The van der Waals surface area contributed by atoms with Gasteiger partial charge >= 0.3 is 6.03 Å². The summed E-state index contributed by atoms with van der Waals surface area (Å²) >= 11 is 0. The highest BCUT2D eigenvalue weighted by molar-refractivity contribution is 7.92. The maximum absolute atomic E-state index is 12.0. The summed E-state index contributed by atoms with van der Waals surface area (Å²) in [5, 5.41) is 5.75. The molecule has 0 saturated carbocycles. The third kappa shape index (κ3) is 3.76. The van der Waals surface area contributed by atoms with E-state index in [0.717, 1.165) is 18.4 Å². The molecule has 8 heteroatoms. The van der Waals surface area contributed by atoms with E-state index in [1.165, 1.54) is 10.6 Å². The van der Waals surface area contributed by atoms with E-state index in [2.05, 4.69) is 10.6 Å². The molecule has 0 spiro atoms. The molecule has 23 heavy (non-hydrogen) atoms. The van der Waals surface area contributed by atoms with Gasteiger partial charge in [-0.15, -0.1) is 0 Å². The molecule has 2 N–H and O–H groups in total. The zero-order chi connectivity index (χ0) is 16.4. The number of nitrogens with one attached hydrogen (secondary N) is 2. The van der Waals surface area contributed by atoms with Gasteiger partial charge in [0.25, 0.3) is 0 Å². The van der Waals surface area contributed by atoms with Gasteiger partial charge in [0.15, 0.2) is 0 Å². The molecule has 0 aromatic heterocycles. The van der Waals surface area contributed by atoms with Crippen LogP contribution >= 0.6 is 0 Å². The van der Waals surface area contributed by atoms with Crippen LogP contribution in [0, 0.1) is 0 Å². The first-order valence-corrected chi connectivity index (χ1v) is 9.54. The van der Waals surface area contributed by atoms with Gasteiger partial charge < -0.3 is 15.4 Å². The van der Waals surface area contributed by atoms with Crippen LogP contribution in [0.1, 0.15) is 18.4 Å². The van der Waals surface area contributed by atoms with Gasteiger partial charge in [0.2, 0.25) is 10.0 Å². The molecule has 0 radical (unpaired) electrons. The van der Waals surface area contributed by atoms with Gasteiger partial charge in [-0.1, -0.05) is 0 Å². The second kappa shape index (κ2) is 6.37. The Kier molecular flexibility index (Phi) is 4.45. The third-order valence-corrected chi connectivity index (χ3v) is 5.33. The lowest BCUT2D eigenvalue weighted by Crippen LogP contribution is -2.41. The number of sulfonamides is 1. The molecule has 2 heterocycles. The van der Waals surface area contributed by atoms with Crippen LogP contribution in [0.15, 0.2) is 18.2 Å². The average Bonchev–Trinajstić information content (AvgIpc) is 2.91. The number of benzene rings is 1. The van der Waals surface area contributed by atoms with Gasteiger partial charge in [-0.3, -0.25) is 4.31 Å². The third-order valence-electron chi connectivity index (χ3n) is 4.15. The summed E-state index contributed by atoms with van der Waals surface area (Å²) in [5.74, 6) is 0. The topological polar surface area (TPSA) is 87.7 Å². The number of amides is 2. The first-order chi connectivity index (χ1) is 10.9. The number of fused-ring (bicyclic) bond motifs is 1. The van der Waals surface area contributed by atoms with Crippen molar-refractivity contribution in [1.29, 1.82) is 0 Å². The summed E-state index contributed by atoms with van der Waals surface area (Å²) in [4.78, 5) is 12.0. The highest BCUT2D eigenvalue weighted by Gasteiger charge is 2.26. The van der Waals surface area contributed by atoms with Crippen molar-refractivity contribution < 1.29 is 17.9 Å². The molecule has 126 valence electrons. The van der Waals surface area contributed by atoms with E-state index < -0.39 is 10.0 Å². The maximum atomic E-state index is 12.0. The minimum atomic E-state index is -3.25. The van der Waals surface area contributed by atoms with Crippen molar-refractivity contribution in [3.05, 3.63) is 23.8 Å². The van der Waals surface area contributed by atoms with Crippen molar-refractivity contribution in [2.24, 2.45) is 0 Å². The first-order valence-electron chi connectivity index (χ1n) is 7.69.